The summed E-state index contributed by atoms with van der Waals surface area (Å²) in [6.07, 6.45) is 3.30. The summed E-state index contributed by atoms with van der Waals surface area (Å²) < 4.78 is 32.7. The summed E-state index contributed by atoms with van der Waals surface area (Å²) >= 11 is 0. The van der Waals surface area contributed by atoms with Gasteiger partial charge in [-0.1, -0.05) is 36.8 Å². The second-order valence-corrected chi connectivity index (χ2v) is 10.4. The van der Waals surface area contributed by atoms with E-state index in [1.54, 1.807) is 48.5 Å². The first-order valence-electron chi connectivity index (χ1n) is 11.9. The van der Waals surface area contributed by atoms with Gasteiger partial charge in [-0.3, -0.25) is 9.59 Å². The third-order valence-corrected chi connectivity index (χ3v) is 7.79. The molecule has 0 radical (unpaired) electrons. The van der Waals surface area contributed by atoms with Crippen LogP contribution in [0.1, 0.15) is 24.8 Å². The number of hydrogen-bond acceptors (Lipinski definition) is 5. The lowest BCUT2D eigenvalue weighted by atomic mass is 10.1. The number of ether oxygens (including phenoxy) is 1. The quantitative estimate of drug-likeness (QED) is 0.449. The van der Waals surface area contributed by atoms with Gasteiger partial charge in [0.25, 0.3) is 0 Å². The number of anilines is 1. The van der Waals surface area contributed by atoms with Crippen LogP contribution < -0.4 is 15.4 Å². The van der Waals surface area contributed by atoms with Crippen molar-refractivity contribution in [2.75, 3.05) is 25.0 Å². The normalized spacial score (nSPS) is 14.1. The Morgan fingerprint density at radius 1 is 0.778 bits per heavy atom. The van der Waals surface area contributed by atoms with E-state index in [-0.39, 0.29) is 11.4 Å². The molecular weight excluding hydrogens is 478 g/mol. The van der Waals surface area contributed by atoms with E-state index in [0.29, 0.717) is 36.7 Å². The van der Waals surface area contributed by atoms with Crippen LogP contribution >= 0.6 is 0 Å². The monoisotopic (exact) mass is 507 g/mol. The molecule has 0 atom stereocenters. The predicted octanol–water partition coefficient (Wildman–Crippen LogP) is 3.95. The molecule has 8 nitrogen and oxygen atoms in total. The number of hydrogen-bond donors (Lipinski definition) is 2. The number of rotatable bonds is 8. The van der Waals surface area contributed by atoms with Crippen LogP contribution in [-0.4, -0.2) is 44.2 Å². The van der Waals surface area contributed by atoms with Crippen molar-refractivity contribution < 1.29 is 22.7 Å². The maximum absolute atomic E-state index is 12.7. The SMILES string of the molecule is O=C(NCCc1ccc(S(=O)(=O)N2CCCCC2)cc1)C(=O)Nc1ccc(Oc2ccccc2)cc1. The lowest BCUT2D eigenvalue weighted by Gasteiger charge is -2.25. The molecule has 0 aliphatic carbocycles. The zero-order chi connectivity index (χ0) is 25.4. The number of carbonyl (C=O) groups is 2. The maximum Gasteiger partial charge on any atom is 0.313 e. The Bertz CT molecular complexity index is 1270. The molecule has 3 aromatic rings. The van der Waals surface area contributed by atoms with Crippen molar-refractivity contribution in [3.63, 3.8) is 0 Å². The highest BCUT2D eigenvalue weighted by atomic mass is 32.2. The van der Waals surface area contributed by atoms with E-state index in [1.165, 1.54) is 4.31 Å². The standard InChI is InChI=1S/C27H29N3O5S/c31-26(27(32)29-22-11-13-24(14-12-22)35-23-7-3-1-4-8-23)28-18-17-21-9-15-25(16-10-21)36(33,34)30-19-5-2-6-20-30/h1,3-4,7-16H,2,5-6,17-20H2,(H,28,31)(H,29,32). The van der Waals surface area contributed by atoms with Crippen LogP contribution in [0.15, 0.2) is 83.8 Å². The molecular formula is C27H29N3O5S. The van der Waals surface area contributed by atoms with Crippen LogP contribution in [-0.2, 0) is 26.0 Å². The van der Waals surface area contributed by atoms with Gasteiger partial charge >= 0.3 is 11.8 Å². The minimum atomic E-state index is -3.47. The smallest absolute Gasteiger partial charge is 0.313 e. The fourth-order valence-electron chi connectivity index (χ4n) is 3.90. The molecule has 0 unspecified atom stereocenters. The van der Waals surface area contributed by atoms with Crippen LogP contribution in [0.4, 0.5) is 5.69 Å². The van der Waals surface area contributed by atoms with E-state index in [4.69, 9.17) is 4.74 Å². The second kappa shape index (κ2) is 11.8. The Morgan fingerprint density at radius 2 is 1.42 bits per heavy atom. The zero-order valence-corrected chi connectivity index (χ0v) is 20.7. The Morgan fingerprint density at radius 3 is 2.08 bits per heavy atom. The number of amides is 2. The van der Waals surface area contributed by atoms with Gasteiger partial charge in [0.1, 0.15) is 11.5 Å². The van der Waals surface area contributed by atoms with Gasteiger partial charge < -0.3 is 15.4 Å². The highest BCUT2D eigenvalue weighted by Crippen LogP contribution is 2.23. The maximum atomic E-state index is 12.7. The molecule has 36 heavy (non-hydrogen) atoms. The van der Waals surface area contributed by atoms with Gasteiger partial charge in [-0.2, -0.15) is 4.31 Å². The Kier molecular flexibility index (Phi) is 8.35. The van der Waals surface area contributed by atoms with Gasteiger partial charge in [-0.05, 0) is 73.4 Å². The largest absolute Gasteiger partial charge is 0.457 e. The fraction of sp³-hybridized carbons (Fsp3) is 0.259. The summed E-state index contributed by atoms with van der Waals surface area (Å²) in [6, 6.07) is 22.7. The minimum absolute atomic E-state index is 0.244. The molecule has 0 bridgehead atoms. The number of carbonyl (C=O) groups excluding carboxylic acids is 2. The average molecular weight is 508 g/mol. The van der Waals surface area contributed by atoms with Crippen molar-refractivity contribution in [3.05, 3.63) is 84.4 Å². The van der Waals surface area contributed by atoms with Crippen molar-refractivity contribution in [1.82, 2.24) is 9.62 Å². The summed E-state index contributed by atoms with van der Waals surface area (Å²) in [5, 5.41) is 5.15. The number of nitrogens with zero attached hydrogens (tertiary/aromatic N) is 1. The van der Waals surface area contributed by atoms with Gasteiger partial charge in [0.2, 0.25) is 10.0 Å². The third kappa shape index (κ3) is 6.71. The highest BCUT2D eigenvalue weighted by Gasteiger charge is 2.25. The number of benzene rings is 3. The molecule has 1 heterocycles. The van der Waals surface area contributed by atoms with Gasteiger partial charge in [0, 0.05) is 25.3 Å². The first-order chi connectivity index (χ1) is 17.4. The predicted molar refractivity (Wildman–Crippen MR) is 137 cm³/mol. The molecule has 9 heteroatoms. The molecule has 2 N–H and O–H groups in total. The summed E-state index contributed by atoms with van der Waals surface area (Å²) in [4.78, 5) is 24.7. The number of sulfonamides is 1. The van der Waals surface area contributed by atoms with Crippen LogP contribution in [0, 0.1) is 0 Å². The summed E-state index contributed by atoms with van der Waals surface area (Å²) in [5.41, 5.74) is 1.34. The Balaban J connectivity index is 1.22. The molecule has 1 aliphatic rings. The molecule has 0 aromatic heterocycles. The number of nitrogens with one attached hydrogen (secondary N) is 2. The van der Waals surface area contributed by atoms with E-state index >= 15 is 0 Å². The van der Waals surface area contributed by atoms with Crippen LogP contribution in [0.25, 0.3) is 0 Å². The van der Waals surface area contributed by atoms with Crippen molar-refractivity contribution in [1.29, 1.82) is 0 Å². The lowest BCUT2D eigenvalue weighted by molar-refractivity contribution is -0.136. The molecule has 0 saturated carbocycles. The van der Waals surface area contributed by atoms with Gasteiger partial charge in [0.15, 0.2) is 0 Å². The van der Waals surface area contributed by atoms with E-state index < -0.39 is 21.8 Å². The summed E-state index contributed by atoms with van der Waals surface area (Å²) in [6.45, 7) is 1.36. The van der Waals surface area contributed by atoms with Crippen molar-refractivity contribution in [3.8, 4) is 11.5 Å². The summed E-state index contributed by atoms with van der Waals surface area (Å²) in [7, 11) is -3.47. The molecule has 2 amide bonds. The Labute approximate surface area is 211 Å². The minimum Gasteiger partial charge on any atom is -0.457 e. The number of piperidine rings is 1. The molecule has 188 valence electrons. The number of para-hydroxylation sites is 1. The lowest BCUT2D eigenvalue weighted by Crippen LogP contribution is -2.36. The van der Waals surface area contributed by atoms with E-state index in [2.05, 4.69) is 10.6 Å². The van der Waals surface area contributed by atoms with Gasteiger partial charge in [-0.25, -0.2) is 8.42 Å². The third-order valence-electron chi connectivity index (χ3n) is 5.87. The van der Waals surface area contributed by atoms with Crippen molar-refractivity contribution in [2.45, 2.75) is 30.6 Å². The molecule has 1 fully saturated rings. The van der Waals surface area contributed by atoms with Crippen LogP contribution in [0.3, 0.4) is 0 Å². The van der Waals surface area contributed by atoms with Crippen LogP contribution in [0.5, 0.6) is 11.5 Å². The second-order valence-electron chi connectivity index (χ2n) is 8.51. The highest BCUT2D eigenvalue weighted by molar-refractivity contribution is 7.89. The first-order valence-corrected chi connectivity index (χ1v) is 13.4. The van der Waals surface area contributed by atoms with Gasteiger partial charge in [0.05, 0.1) is 4.90 Å². The van der Waals surface area contributed by atoms with Crippen LogP contribution in [0.2, 0.25) is 0 Å². The van der Waals surface area contributed by atoms with Crippen molar-refractivity contribution >= 4 is 27.5 Å². The zero-order valence-electron chi connectivity index (χ0n) is 19.9. The van der Waals surface area contributed by atoms with E-state index in [0.717, 1.165) is 24.8 Å². The molecule has 4 rings (SSSR count). The first kappa shape index (κ1) is 25.4. The topological polar surface area (TPSA) is 105 Å². The molecule has 3 aromatic carbocycles. The molecule has 0 spiro atoms. The molecule has 1 aliphatic heterocycles. The fourth-order valence-corrected chi connectivity index (χ4v) is 5.42. The van der Waals surface area contributed by atoms with E-state index in [1.807, 2.05) is 30.3 Å². The average Bonchev–Trinajstić information content (AvgIpc) is 2.91. The van der Waals surface area contributed by atoms with Gasteiger partial charge in [-0.15, -0.1) is 0 Å². The van der Waals surface area contributed by atoms with E-state index in [9.17, 15) is 18.0 Å². The Hall–Kier alpha value is -3.69. The van der Waals surface area contributed by atoms with Crippen molar-refractivity contribution in [2.24, 2.45) is 0 Å². The summed E-state index contributed by atoms with van der Waals surface area (Å²) in [5.74, 6) is -0.205. The molecule has 1 saturated heterocycles.